The van der Waals surface area contributed by atoms with Gasteiger partial charge in [0.15, 0.2) is 0 Å². The fourth-order valence-electron chi connectivity index (χ4n) is 1.17. The molecule has 0 heterocycles. The Kier molecular flexibility index (Phi) is 8.38. The van der Waals surface area contributed by atoms with Gasteiger partial charge in [-0.25, -0.2) is 0 Å². The Morgan fingerprint density at radius 1 is 1.13 bits per heavy atom. The molecule has 0 aliphatic heterocycles. The lowest BCUT2D eigenvalue weighted by molar-refractivity contribution is -0.150. The first-order chi connectivity index (χ1) is 7.07. The van der Waals surface area contributed by atoms with E-state index in [1.807, 2.05) is 6.92 Å². The van der Waals surface area contributed by atoms with Gasteiger partial charge in [0.1, 0.15) is 6.10 Å². The van der Waals surface area contributed by atoms with E-state index in [-0.39, 0.29) is 12.1 Å². The highest BCUT2D eigenvalue weighted by molar-refractivity contribution is 5.69. The predicted molar refractivity (Wildman–Crippen MR) is 62.5 cm³/mol. The summed E-state index contributed by atoms with van der Waals surface area (Å²) in [6.45, 7) is 6.80. The molecular formula is C12H25NO2. The Morgan fingerprint density at radius 3 is 2.27 bits per heavy atom. The zero-order valence-electron chi connectivity index (χ0n) is 10.3. The maximum absolute atomic E-state index is 11.3. The van der Waals surface area contributed by atoms with Crippen LogP contribution in [0.1, 0.15) is 52.9 Å². The summed E-state index contributed by atoms with van der Waals surface area (Å²) in [5.74, 6) is 0.329. The fraction of sp³-hybridized carbons (Fsp3) is 0.917. The number of unbranched alkanes of at least 4 members (excludes halogenated alkanes) is 3. The molecule has 0 fully saturated rings. The molecule has 3 nitrogen and oxygen atoms in total. The summed E-state index contributed by atoms with van der Waals surface area (Å²) in [6.07, 6.45) is 4.73. The van der Waals surface area contributed by atoms with E-state index in [2.05, 4.69) is 13.8 Å². The molecule has 3 heteroatoms. The van der Waals surface area contributed by atoms with Crippen LogP contribution in [-0.2, 0) is 9.53 Å². The molecule has 1 atom stereocenters. The van der Waals surface area contributed by atoms with Gasteiger partial charge in [-0.2, -0.15) is 0 Å². The summed E-state index contributed by atoms with van der Waals surface area (Å²) in [7, 11) is 0. The normalized spacial score (nSPS) is 12.9. The van der Waals surface area contributed by atoms with Crippen LogP contribution in [0.5, 0.6) is 0 Å². The van der Waals surface area contributed by atoms with E-state index in [0.29, 0.717) is 12.3 Å². The van der Waals surface area contributed by atoms with Crippen LogP contribution in [-0.4, -0.2) is 18.6 Å². The number of rotatable bonds is 8. The predicted octanol–water partition coefficient (Wildman–Crippen LogP) is 2.48. The highest BCUT2D eigenvalue weighted by atomic mass is 16.5. The molecule has 0 aromatic carbocycles. The maximum Gasteiger partial charge on any atom is 0.306 e. The second-order valence-corrected chi connectivity index (χ2v) is 4.39. The van der Waals surface area contributed by atoms with E-state index in [1.165, 1.54) is 0 Å². The number of carbonyl (C=O) groups excluding carboxylic acids is 1. The topological polar surface area (TPSA) is 52.3 Å². The summed E-state index contributed by atoms with van der Waals surface area (Å²) < 4.78 is 5.25. The van der Waals surface area contributed by atoms with Gasteiger partial charge < -0.3 is 10.5 Å². The van der Waals surface area contributed by atoms with Crippen molar-refractivity contribution < 1.29 is 9.53 Å². The van der Waals surface area contributed by atoms with Crippen molar-refractivity contribution in [2.45, 2.75) is 59.0 Å². The van der Waals surface area contributed by atoms with Crippen LogP contribution in [0.15, 0.2) is 0 Å². The highest BCUT2D eigenvalue weighted by Crippen LogP contribution is 2.09. The lowest BCUT2D eigenvalue weighted by Gasteiger charge is -2.16. The third-order valence-electron chi connectivity index (χ3n) is 2.59. The van der Waals surface area contributed by atoms with Gasteiger partial charge in [-0.15, -0.1) is 0 Å². The Hall–Kier alpha value is -0.570. The van der Waals surface area contributed by atoms with Crippen molar-refractivity contribution >= 4 is 5.97 Å². The molecule has 0 aliphatic rings. The first-order valence-corrected chi connectivity index (χ1v) is 5.97. The zero-order valence-corrected chi connectivity index (χ0v) is 10.3. The van der Waals surface area contributed by atoms with Crippen molar-refractivity contribution in [1.82, 2.24) is 0 Å². The van der Waals surface area contributed by atoms with Gasteiger partial charge in [0.2, 0.25) is 0 Å². The number of hydrogen-bond donors (Lipinski definition) is 1. The van der Waals surface area contributed by atoms with Crippen LogP contribution in [0.4, 0.5) is 0 Å². The van der Waals surface area contributed by atoms with Crippen molar-refractivity contribution in [1.29, 1.82) is 0 Å². The molecule has 0 rings (SSSR count). The summed E-state index contributed by atoms with van der Waals surface area (Å²) in [4.78, 5) is 11.3. The summed E-state index contributed by atoms with van der Waals surface area (Å²) in [6, 6.07) is 0. The van der Waals surface area contributed by atoms with Crippen molar-refractivity contribution in [2.75, 3.05) is 6.54 Å². The summed E-state index contributed by atoms with van der Waals surface area (Å²) in [5.41, 5.74) is 5.38. The molecule has 0 radical (unpaired) electrons. The minimum atomic E-state index is -0.0658. The van der Waals surface area contributed by atoms with Crippen LogP contribution in [0.3, 0.4) is 0 Å². The minimum Gasteiger partial charge on any atom is -0.462 e. The molecule has 15 heavy (non-hydrogen) atoms. The number of hydrogen-bond acceptors (Lipinski definition) is 3. The Labute approximate surface area is 93.4 Å². The van der Waals surface area contributed by atoms with E-state index in [4.69, 9.17) is 10.5 Å². The summed E-state index contributed by atoms with van der Waals surface area (Å²) >= 11 is 0. The van der Waals surface area contributed by atoms with Crippen LogP contribution < -0.4 is 5.73 Å². The average molecular weight is 215 g/mol. The van der Waals surface area contributed by atoms with E-state index >= 15 is 0 Å². The van der Waals surface area contributed by atoms with Gasteiger partial charge in [0.05, 0.1) is 0 Å². The van der Waals surface area contributed by atoms with Gasteiger partial charge in [-0.3, -0.25) is 4.79 Å². The fourth-order valence-corrected chi connectivity index (χ4v) is 1.17. The first kappa shape index (κ1) is 14.4. The van der Waals surface area contributed by atoms with Crippen LogP contribution in [0.25, 0.3) is 0 Å². The zero-order chi connectivity index (χ0) is 11.7. The molecule has 90 valence electrons. The SMILES string of the molecule is CC(C)C(C)OC(=O)CCCCCCN. The standard InChI is InChI=1S/C12H25NO2/c1-10(2)11(3)15-12(14)8-6-4-5-7-9-13/h10-11H,4-9,13H2,1-3H3. The number of nitrogens with two attached hydrogens (primary N) is 1. The maximum atomic E-state index is 11.3. The van der Waals surface area contributed by atoms with Crippen molar-refractivity contribution in [3.8, 4) is 0 Å². The molecular weight excluding hydrogens is 190 g/mol. The second-order valence-electron chi connectivity index (χ2n) is 4.39. The summed E-state index contributed by atoms with van der Waals surface area (Å²) in [5, 5.41) is 0. The first-order valence-electron chi connectivity index (χ1n) is 5.97. The van der Waals surface area contributed by atoms with Crippen molar-refractivity contribution in [3.05, 3.63) is 0 Å². The van der Waals surface area contributed by atoms with E-state index in [9.17, 15) is 4.79 Å². The molecule has 0 saturated heterocycles. The van der Waals surface area contributed by atoms with Crippen LogP contribution in [0.2, 0.25) is 0 Å². The van der Waals surface area contributed by atoms with Gasteiger partial charge in [0, 0.05) is 6.42 Å². The van der Waals surface area contributed by atoms with Gasteiger partial charge in [-0.05, 0) is 32.2 Å². The Morgan fingerprint density at radius 2 is 1.73 bits per heavy atom. The van der Waals surface area contributed by atoms with E-state index in [0.717, 1.165) is 32.2 Å². The van der Waals surface area contributed by atoms with Gasteiger partial charge in [0.25, 0.3) is 0 Å². The third kappa shape index (κ3) is 8.43. The Balaban J connectivity index is 3.41. The molecule has 0 bridgehead atoms. The smallest absolute Gasteiger partial charge is 0.306 e. The lowest BCUT2D eigenvalue weighted by atomic mass is 10.1. The molecule has 0 amide bonds. The molecule has 0 aromatic heterocycles. The third-order valence-corrected chi connectivity index (χ3v) is 2.59. The Bertz CT molecular complexity index is 169. The molecule has 0 aliphatic carbocycles. The second kappa shape index (κ2) is 8.72. The minimum absolute atomic E-state index is 0.0292. The number of esters is 1. The quantitative estimate of drug-likeness (QED) is 0.500. The molecule has 0 aromatic rings. The largest absolute Gasteiger partial charge is 0.462 e. The van der Waals surface area contributed by atoms with Crippen LogP contribution in [0, 0.1) is 5.92 Å². The monoisotopic (exact) mass is 215 g/mol. The van der Waals surface area contributed by atoms with Crippen LogP contribution >= 0.6 is 0 Å². The highest BCUT2D eigenvalue weighted by Gasteiger charge is 2.12. The molecule has 1 unspecified atom stereocenters. The lowest BCUT2D eigenvalue weighted by Crippen LogP contribution is -2.19. The molecule has 0 saturated carbocycles. The number of ether oxygens (including phenoxy) is 1. The van der Waals surface area contributed by atoms with E-state index < -0.39 is 0 Å². The number of carbonyl (C=O) groups is 1. The van der Waals surface area contributed by atoms with E-state index in [1.54, 1.807) is 0 Å². The average Bonchev–Trinajstić information content (AvgIpc) is 2.17. The molecule has 2 N–H and O–H groups in total. The molecule has 0 spiro atoms. The van der Waals surface area contributed by atoms with Gasteiger partial charge >= 0.3 is 5.97 Å². The van der Waals surface area contributed by atoms with Gasteiger partial charge in [-0.1, -0.05) is 26.7 Å². The van der Waals surface area contributed by atoms with Crippen molar-refractivity contribution in [3.63, 3.8) is 0 Å². The van der Waals surface area contributed by atoms with Crippen molar-refractivity contribution in [2.24, 2.45) is 11.7 Å².